The van der Waals surface area contributed by atoms with E-state index in [1.54, 1.807) is 48.5 Å². The van der Waals surface area contributed by atoms with Crippen LogP contribution in [0.3, 0.4) is 0 Å². The molecule has 2 amide bonds. The number of carboxylic acid groups (broad SMARTS) is 1. The van der Waals surface area contributed by atoms with E-state index in [4.69, 9.17) is 16.7 Å². The number of likely N-dealkylation sites (tertiary alicyclic amines) is 1. The summed E-state index contributed by atoms with van der Waals surface area (Å²) in [6.07, 6.45) is -1.76. The summed E-state index contributed by atoms with van der Waals surface area (Å²) < 4.78 is 0. The summed E-state index contributed by atoms with van der Waals surface area (Å²) >= 11 is 5.81. The van der Waals surface area contributed by atoms with Gasteiger partial charge in [0.15, 0.2) is 0 Å². The SMILES string of the molecule is O=C(Nc1ccc(C2CN(C(=O)O)CC2O)cc1)c1ccc(Cl)cc1. The highest BCUT2D eigenvalue weighted by Crippen LogP contribution is 2.28. The molecule has 1 aliphatic heterocycles. The molecule has 1 saturated heterocycles. The highest BCUT2D eigenvalue weighted by molar-refractivity contribution is 6.30. The van der Waals surface area contributed by atoms with Gasteiger partial charge < -0.3 is 20.4 Å². The molecule has 1 heterocycles. The first-order chi connectivity index (χ1) is 11.9. The molecule has 1 fully saturated rings. The standard InChI is InChI=1S/C18H17ClN2O4/c19-13-5-1-12(2-6-13)17(23)20-14-7-3-11(4-8-14)15-9-21(18(24)25)10-16(15)22/h1-8,15-16,22H,9-10H2,(H,20,23)(H,24,25). The molecule has 2 aromatic carbocycles. The van der Waals surface area contributed by atoms with Crippen LogP contribution in [0.15, 0.2) is 48.5 Å². The highest BCUT2D eigenvalue weighted by atomic mass is 35.5. The van der Waals surface area contributed by atoms with E-state index in [2.05, 4.69) is 5.32 Å². The third-order valence-corrected chi connectivity index (χ3v) is 4.51. The summed E-state index contributed by atoms with van der Waals surface area (Å²) in [5, 5.41) is 22.4. The van der Waals surface area contributed by atoms with Crippen LogP contribution in [0, 0.1) is 0 Å². The highest BCUT2D eigenvalue weighted by Gasteiger charge is 2.34. The number of nitrogens with one attached hydrogen (secondary N) is 1. The van der Waals surface area contributed by atoms with E-state index in [0.717, 1.165) is 5.56 Å². The number of benzene rings is 2. The Morgan fingerprint density at radius 1 is 1.04 bits per heavy atom. The summed E-state index contributed by atoms with van der Waals surface area (Å²) in [4.78, 5) is 24.4. The second kappa shape index (κ2) is 7.13. The number of hydrogen-bond acceptors (Lipinski definition) is 3. The van der Waals surface area contributed by atoms with Crippen molar-refractivity contribution in [3.8, 4) is 0 Å². The second-order valence-electron chi connectivity index (χ2n) is 5.94. The molecule has 3 rings (SSSR count). The van der Waals surface area contributed by atoms with Crippen LogP contribution in [0.5, 0.6) is 0 Å². The fourth-order valence-electron chi connectivity index (χ4n) is 2.89. The quantitative estimate of drug-likeness (QED) is 0.784. The third kappa shape index (κ3) is 3.92. The summed E-state index contributed by atoms with van der Waals surface area (Å²) in [5.74, 6) is -0.514. The van der Waals surface area contributed by atoms with Crippen molar-refractivity contribution in [3.05, 3.63) is 64.7 Å². The number of hydrogen-bond donors (Lipinski definition) is 3. The van der Waals surface area contributed by atoms with Gasteiger partial charge in [0, 0.05) is 28.7 Å². The van der Waals surface area contributed by atoms with Gasteiger partial charge in [0.05, 0.1) is 12.6 Å². The summed E-state index contributed by atoms with van der Waals surface area (Å²) in [5.41, 5.74) is 1.95. The van der Waals surface area contributed by atoms with Gasteiger partial charge in [-0.25, -0.2) is 4.79 Å². The van der Waals surface area contributed by atoms with Gasteiger partial charge in [-0.2, -0.15) is 0 Å². The molecular weight excluding hydrogens is 344 g/mol. The molecule has 0 radical (unpaired) electrons. The molecule has 25 heavy (non-hydrogen) atoms. The van der Waals surface area contributed by atoms with Crippen LogP contribution in [0.1, 0.15) is 21.8 Å². The molecule has 0 aromatic heterocycles. The Labute approximate surface area is 149 Å². The Morgan fingerprint density at radius 3 is 2.24 bits per heavy atom. The molecule has 0 bridgehead atoms. The number of aliphatic hydroxyl groups is 1. The first-order valence-electron chi connectivity index (χ1n) is 7.77. The summed E-state index contributed by atoms with van der Waals surface area (Å²) in [7, 11) is 0. The van der Waals surface area contributed by atoms with Crippen LogP contribution >= 0.6 is 11.6 Å². The molecule has 7 heteroatoms. The molecule has 2 unspecified atom stereocenters. The first kappa shape index (κ1) is 17.3. The Balaban J connectivity index is 1.67. The zero-order valence-corrected chi connectivity index (χ0v) is 14.0. The molecule has 6 nitrogen and oxygen atoms in total. The van der Waals surface area contributed by atoms with Crippen LogP contribution in [-0.2, 0) is 0 Å². The van der Waals surface area contributed by atoms with E-state index in [0.29, 0.717) is 16.3 Å². The monoisotopic (exact) mass is 360 g/mol. The Hall–Kier alpha value is -2.57. The maximum atomic E-state index is 12.2. The fraction of sp³-hybridized carbons (Fsp3) is 0.222. The van der Waals surface area contributed by atoms with Crippen molar-refractivity contribution in [2.75, 3.05) is 18.4 Å². The zero-order valence-electron chi connectivity index (χ0n) is 13.2. The third-order valence-electron chi connectivity index (χ3n) is 4.26. The van der Waals surface area contributed by atoms with Gasteiger partial charge in [-0.05, 0) is 42.0 Å². The number of halogens is 1. The van der Waals surface area contributed by atoms with E-state index in [1.807, 2.05) is 0 Å². The maximum absolute atomic E-state index is 12.2. The molecule has 1 aliphatic rings. The number of anilines is 1. The Bertz CT molecular complexity index is 777. The normalized spacial score (nSPS) is 19.7. The number of carbonyl (C=O) groups excluding carboxylic acids is 1. The molecule has 130 valence electrons. The molecule has 0 aliphatic carbocycles. The Morgan fingerprint density at radius 2 is 1.68 bits per heavy atom. The van der Waals surface area contributed by atoms with Crippen LogP contribution < -0.4 is 5.32 Å². The zero-order chi connectivity index (χ0) is 18.0. The van der Waals surface area contributed by atoms with Crippen LogP contribution in [0.4, 0.5) is 10.5 Å². The number of aliphatic hydroxyl groups excluding tert-OH is 1. The van der Waals surface area contributed by atoms with Gasteiger partial charge in [0.1, 0.15) is 0 Å². The van der Waals surface area contributed by atoms with Crippen molar-refractivity contribution in [1.82, 2.24) is 4.90 Å². The molecule has 2 aromatic rings. The predicted molar refractivity (Wildman–Crippen MR) is 94.2 cm³/mol. The minimum absolute atomic E-state index is 0.106. The van der Waals surface area contributed by atoms with Crippen LogP contribution in [0.25, 0.3) is 0 Å². The molecule has 0 saturated carbocycles. The van der Waals surface area contributed by atoms with Gasteiger partial charge in [-0.3, -0.25) is 4.79 Å². The van der Waals surface area contributed by atoms with Gasteiger partial charge in [-0.15, -0.1) is 0 Å². The molecular formula is C18H17ClN2O4. The molecule has 2 atom stereocenters. The maximum Gasteiger partial charge on any atom is 0.407 e. The lowest BCUT2D eigenvalue weighted by atomic mass is 9.96. The lowest BCUT2D eigenvalue weighted by molar-refractivity contribution is 0.102. The topological polar surface area (TPSA) is 89.9 Å². The Kier molecular flexibility index (Phi) is 4.92. The lowest BCUT2D eigenvalue weighted by Gasteiger charge is -2.14. The minimum Gasteiger partial charge on any atom is -0.465 e. The number of rotatable bonds is 3. The van der Waals surface area contributed by atoms with Crippen molar-refractivity contribution < 1.29 is 19.8 Å². The van der Waals surface area contributed by atoms with Gasteiger partial charge in [-0.1, -0.05) is 23.7 Å². The molecule has 3 N–H and O–H groups in total. The predicted octanol–water partition coefficient (Wildman–Crippen LogP) is 3.03. The van der Waals surface area contributed by atoms with Gasteiger partial charge >= 0.3 is 6.09 Å². The average Bonchev–Trinajstić information content (AvgIpc) is 2.98. The number of nitrogens with zero attached hydrogens (tertiary/aromatic N) is 1. The number of carbonyl (C=O) groups is 2. The van der Waals surface area contributed by atoms with E-state index < -0.39 is 12.2 Å². The van der Waals surface area contributed by atoms with Crippen LogP contribution in [-0.4, -0.2) is 46.3 Å². The van der Waals surface area contributed by atoms with Gasteiger partial charge in [0.25, 0.3) is 5.91 Å². The number of β-amino-alcohol motifs (C(OH)–C–C–N with tert-alkyl or cyclic N) is 1. The van der Waals surface area contributed by atoms with E-state index >= 15 is 0 Å². The van der Waals surface area contributed by atoms with Crippen molar-refractivity contribution in [2.24, 2.45) is 0 Å². The van der Waals surface area contributed by atoms with E-state index in [1.165, 1.54) is 4.90 Å². The summed E-state index contributed by atoms with van der Waals surface area (Å²) in [6.45, 7) is 0.363. The van der Waals surface area contributed by atoms with Crippen molar-refractivity contribution in [2.45, 2.75) is 12.0 Å². The fourth-order valence-corrected chi connectivity index (χ4v) is 3.01. The lowest BCUT2D eigenvalue weighted by Crippen LogP contribution is -2.27. The van der Waals surface area contributed by atoms with Crippen molar-refractivity contribution in [3.63, 3.8) is 0 Å². The molecule has 0 spiro atoms. The van der Waals surface area contributed by atoms with E-state index in [9.17, 15) is 14.7 Å². The average molecular weight is 361 g/mol. The van der Waals surface area contributed by atoms with Crippen molar-refractivity contribution in [1.29, 1.82) is 0 Å². The summed E-state index contributed by atoms with van der Waals surface area (Å²) in [6, 6.07) is 13.6. The van der Waals surface area contributed by atoms with E-state index in [-0.39, 0.29) is 24.9 Å². The van der Waals surface area contributed by atoms with Crippen LogP contribution in [0.2, 0.25) is 5.02 Å². The largest absolute Gasteiger partial charge is 0.465 e. The van der Waals surface area contributed by atoms with Crippen molar-refractivity contribution >= 4 is 29.3 Å². The number of amides is 2. The van der Waals surface area contributed by atoms with Gasteiger partial charge in [0.2, 0.25) is 0 Å². The second-order valence-corrected chi connectivity index (χ2v) is 6.38. The first-order valence-corrected chi connectivity index (χ1v) is 8.14. The minimum atomic E-state index is -1.03. The smallest absolute Gasteiger partial charge is 0.407 e.